The Morgan fingerprint density at radius 2 is 2.24 bits per heavy atom. The standard InChI is InChI=1S/C16H19N3OS/c1-12-6-4-5-9-19(12)15(20)11-21-16-14-8-3-2-7-13(14)10-17-18-16/h2-3,7-8,10,12H,4-6,9,11H2,1H3. The average Bonchev–Trinajstić information content (AvgIpc) is 2.53. The summed E-state index contributed by atoms with van der Waals surface area (Å²) in [6.45, 7) is 3.03. The number of amides is 1. The van der Waals surface area contributed by atoms with Gasteiger partial charge in [0.15, 0.2) is 0 Å². The van der Waals surface area contributed by atoms with Crippen LogP contribution in [-0.4, -0.2) is 39.3 Å². The number of piperidine rings is 1. The first-order valence-corrected chi connectivity index (χ1v) is 8.37. The molecule has 2 aromatic rings. The van der Waals surface area contributed by atoms with Gasteiger partial charge >= 0.3 is 0 Å². The lowest BCUT2D eigenvalue weighted by atomic mass is 10.0. The second-order valence-electron chi connectivity index (χ2n) is 5.46. The van der Waals surface area contributed by atoms with E-state index < -0.39 is 0 Å². The van der Waals surface area contributed by atoms with Crippen molar-refractivity contribution >= 4 is 28.4 Å². The molecule has 1 fully saturated rings. The van der Waals surface area contributed by atoms with Crippen molar-refractivity contribution in [3.63, 3.8) is 0 Å². The van der Waals surface area contributed by atoms with Gasteiger partial charge in [0.1, 0.15) is 5.03 Å². The maximum absolute atomic E-state index is 12.4. The predicted molar refractivity (Wildman–Crippen MR) is 85.3 cm³/mol. The molecule has 1 amide bonds. The number of rotatable bonds is 3. The topological polar surface area (TPSA) is 46.1 Å². The molecule has 0 spiro atoms. The van der Waals surface area contributed by atoms with Crippen molar-refractivity contribution in [2.75, 3.05) is 12.3 Å². The Labute approximate surface area is 128 Å². The number of thioether (sulfide) groups is 1. The van der Waals surface area contributed by atoms with Crippen molar-refractivity contribution < 1.29 is 4.79 Å². The summed E-state index contributed by atoms with van der Waals surface area (Å²) in [5.41, 5.74) is 0. The third kappa shape index (κ3) is 3.18. The van der Waals surface area contributed by atoms with Crippen molar-refractivity contribution in [3.8, 4) is 0 Å². The van der Waals surface area contributed by atoms with Crippen molar-refractivity contribution in [2.45, 2.75) is 37.3 Å². The van der Waals surface area contributed by atoms with Crippen LogP contribution in [0.5, 0.6) is 0 Å². The monoisotopic (exact) mass is 301 g/mol. The molecule has 1 aliphatic rings. The molecular formula is C16H19N3OS. The molecule has 0 aliphatic carbocycles. The van der Waals surface area contributed by atoms with Gasteiger partial charge in [-0.15, -0.1) is 5.10 Å². The number of carbonyl (C=O) groups excluding carboxylic acids is 1. The molecule has 5 heteroatoms. The van der Waals surface area contributed by atoms with E-state index in [0.29, 0.717) is 11.8 Å². The number of carbonyl (C=O) groups is 1. The fourth-order valence-corrected chi connectivity index (χ4v) is 3.66. The molecule has 1 atom stereocenters. The Hall–Kier alpha value is -1.62. The average molecular weight is 301 g/mol. The molecule has 1 aromatic heterocycles. The molecule has 0 radical (unpaired) electrons. The van der Waals surface area contributed by atoms with Gasteiger partial charge in [0.2, 0.25) is 5.91 Å². The highest BCUT2D eigenvalue weighted by Gasteiger charge is 2.23. The first-order valence-electron chi connectivity index (χ1n) is 7.38. The van der Waals surface area contributed by atoms with Crippen LogP contribution < -0.4 is 0 Å². The molecule has 1 saturated heterocycles. The van der Waals surface area contributed by atoms with Crippen LogP contribution in [0.3, 0.4) is 0 Å². The predicted octanol–water partition coefficient (Wildman–Crippen LogP) is 3.12. The zero-order valence-electron chi connectivity index (χ0n) is 12.2. The summed E-state index contributed by atoms with van der Waals surface area (Å²) >= 11 is 1.49. The molecule has 110 valence electrons. The molecule has 4 nitrogen and oxygen atoms in total. The Bertz CT molecular complexity index is 641. The summed E-state index contributed by atoms with van der Waals surface area (Å²) in [6.07, 6.45) is 5.22. The van der Waals surface area contributed by atoms with E-state index in [1.54, 1.807) is 6.20 Å². The number of hydrogen-bond acceptors (Lipinski definition) is 4. The largest absolute Gasteiger partial charge is 0.339 e. The van der Waals surface area contributed by atoms with Gasteiger partial charge in [-0.25, -0.2) is 0 Å². The number of fused-ring (bicyclic) bond motifs is 1. The lowest BCUT2D eigenvalue weighted by Crippen LogP contribution is -2.42. The third-order valence-corrected chi connectivity index (χ3v) is 4.96. The summed E-state index contributed by atoms with van der Waals surface area (Å²) in [6, 6.07) is 8.38. The van der Waals surface area contributed by atoms with Gasteiger partial charge < -0.3 is 4.90 Å². The number of nitrogens with zero attached hydrogens (tertiary/aromatic N) is 3. The van der Waals surface area contributed by atoms with Gasteiger partial charge in [-0.3, -0.25) is 4.79 Å². The minimum Gasteiger partial charge on any atom is -0.339 e. The van der Waals surface area contributed by atoms with Crippen molar-refractivity contribution in [1.29, 1.82) is 0 Å². The van der Waals surface area contributed by atoms with Gasteiger partial charge in [-0.2, -0.15) is 5.10 Å². The maximum Gasteiger partial charge on any atom is 0.233 e. The first kappa shape index (κ1) is 14.3. The van der Waals surface area contributed by atoms with Crippen molar-refractivity contribution in [1.82, 2.24) is 15.1 Å². The van der Waals surface area contributed by atoms with Crippen LogP contribution in [0.25, 0.3) is 10.8 Å². The van der Waals surface area contributed by atoms with Crippen LogP contribution in [0.1, 0.15) is 26.2 Å². The SMILES string of the molecule is CC1CCCCN1C(=O)CSc1nncc2ccccc12. The lowest BCUT2D eigenvalue weighted by molar-refractivity contribution is -0.131. The lowest BCUT2D eigenvalue weighted by Gasteiger charge is -2.33. The van der Waals surface area contributed by atoms with Gasteiger partial charge in [-0.1, -0.05) is 36.0 Å². The van der Waals surface area contributed by atoms with Crippen LogP contribution in [-0.2, 0) is 4.79 Å². The van der Waals surface area contributed by atoms with Gasteiger partial charge in [0.05, 0.1) is 11.9 Å². The van der Waals surface area contributed by atoms with E-state index in [2.05, 4.69) is 17.1 Å². The molecule has 0 bridgehead atoms. The van der Waals surface area contributed by atoms with E-state index in [-0.39, 0.29) is 5.91 Å². The van der Waals surface area contributed by atoms with Crippen LogP contribution in [0, 0.1) is 0 Å². The van der Waals surface area contributed by atoms with E-state index in [1.807, 2.05) is 29.2 Å². The van der Waals surface area contributed by atoms with Crippen LogP contribution in [0.4, 0.5) is 0 Å². The van der Waals surface area contributed by atoms with E-state index in [9.17, 15) is 4.79 Å². The zero-order valence-corrected chi connectivity index (χ0v) is 13.0. The summed E-state index contributed by atoms with van der Waals surface area (Å²) in [4.78, 5) is 14.4. The fraction of sp³-hybridized carbons (Fsp3) is 0.438. The van der Waals surface area contributed by atoms with E-state index in [0.717, 1.165) is 35.2 Å². The van der Waals surface area contributed by atoms with Crippen LogP contribution in [0.2, 0.25) is 0 Å². The smallest absolute Gasteiger partial charge is 0.233 e. The van der Waals surface area contributed by atoms with Gasteiger partial charge in [0, 0.05) is 23.4 Å². The van der Waals surface area contributed by atoms with Gasteiger partial charge in [0.25, 0.3) is 0 Å². The Kier molecular flexibility index (Phi) is 4.39. The second-order valence-corrected chi connectivity index (χ2v) is 6.42. The number of aromatic nitrogens is 2. The molecule has 2 heterocycles. The summed E-state index contributed by atoms with van der Waals surface area (Å²) in [5, 5.41) is 11.2. The van der Waals surface area contributed by atoms with E-state index >= 15 is 0 Å². The Morgan fingerprint density at radius 3 is 3.10 bits per heavy atom. The van der Waals surface area contributed by atoms with Crippen LogP contribution >= 0.6 is 11.8 Å². The zero-order chi connectivity index (χ0) is 14.7. The Balaban J connectivity index is 1.70. The summed E-state index contributed by atoms with van der Waals surface area (Å²) in [7, 11) is 0. The van der Waals surface area contributed by atoms with Crippen LogP contribution in [0.15, 0.2) is 35.5 Å². The second kappa shape index (κ2) is 6.43. The van der Waals surface area contributed by atoms with E-state index in [1.165, 1.54) is 18.2 Å². The molecule has 0 N–H and O–H groups in total. The molecule has 3 rings (SSSR count). The van der Waals surface area contributed by atoms with Gasteiger partial charge in [-0.05, 0) is 26.2 Å². The molecular weight excluding hydrogens is 282 g/mol. The first-order chi connectivity index (χ1) is 10.3. The number of benzene rings is 1. The molecule has 1 unspecified atom stereocenters. The summed E-state index contributed by atoms with van der Waals surface area (Å²) < 4.78 is 0. The van der Waals surface area contributed by atoms with Crippen molar-refractivity contribution in [2.24, 2.45) is 0 Å². The molecule has 21 heavy (non-hydrogen) atoms. The normalized spacial score (nSPS) is 18.9. The van der Waals surface area contributed by atoms with Crippen molar-refractivity contribution in [3.05, 3.63) is 30.5 Å². The molecule has 0 saturated carbocycles. The minimum absolute atomic E-state index is 0.210. The maximum atomic E-state index is 12.4. The summed E-state index contributed by atoms with van der Waals surface area (Å²) in [5.74, 6) is 0.648. The van der Waals surface area contributed by atoms with E-state index in [4.69, 9.17) is 0 Å². The number of hydrogen-bond donors (Lipinski definition) is 0. The highest BCUT2D eigenvalue weighted by Crippen LogP contribution is 2.25. The molecule has 1 aromatic carbocycles. The highest BCUT2D eigenvalue weighted by atomic mass is 32.2. The highest BCUT2D eigenvalue weighted by molar-refractivity contribution is 8.00. The number of likely N-dealkylation sites (tertiary alicyclic amines) is 1. The Morgan fingerprint density at radius 1 is 1.38 bits per heavy atom. The minimum atomic E-state index is 0.210. The fourth-order valence-electron chi connectivity index (χ4n) is 2.79. The third-order valence-electron chi connectivity index (χ3n) is 3.99. The molecule has 1 aliphatic heterocycles. The quantitative estimate of drug-likeness (QED) is 0.817.